The number of benzene rings is 2. The molecule has 0 atom stereocenters. The Bertz CT molecular complexity index is 892. The highest BCUT2D eigenvalue weighted by Gasteiger charge is 2.40. The summed E-state index contributed by atoms with van der Waals surface area (Å²) in [5.41, 5.74) is 0.944. The highest BCUT2D eigenvalue weighted by Crippen LogP contribution is 2.41. The van der Waals surface area contributed by atoms with Crippen molar-refractivity contribution in [3.8, 4) is 5.75 Å². The van der Waals surface area contributed by atoms with Crippen LogP contribution in [0.2, 0.25) is 0 Å². The third-order valence-electron chi connectivity index (χ3n) is 6.18. The van der Waals surface area contributed by atoms with Gasteiger partial charge in [0.15, 0.2) is 6.61 Å². The summed E-state index contributed by atoms with van der Waals surface area (Å²) in [6, 6.07) is 15.8. The number of rotatable bonds is 7. The molecule has 164 valence electrons. The van der Waals surface area contributed by atoms with E-state index in [1.165, 1.54) is 29.8 Å². The molecule has 0 spiro atoms. The van der Waals surface area contributed by atoms with Crippen molar-refractivity contribution >= 4 is 11.8 Å². The van der Waals surface area contributed by atoms with Crippen LogP contribution in [-0.4, -0.2) is 60.9 Å². The summed E-state index contributed by atoms with van der Waals surface area (Å²) in [6.45, 7) is 2.67. The van der Waals surface area contributed by atoms with Crippen molar-refractivity contribution in [2.24, 2.45) is 0 Å². The molecule has 2 aromatic carbocycles. The first kappa shape index (κ1) is 21.3. The Morgan fingerprint density at radius 1 is 0.968 bits per heavy atom. The van der Waals surface area contributed by atoms with E-state index in [2.05, 4.69) is 22.3 Å². The molecule has 2 aliphatic rings. The number of halogens is 1. The summed E-state index contributed by atoms with van der Waals surface area (Å²) in [4.78, 5) is 28.9. The first-order valence-electron chi connectivity index (χ1n) is 10.8. The van der Waals surface area contributed by atoms with Gasteiger partial charge in [-0.1, -0.05) is 30.3 Å². The fraction of sp³-hybridized carbons (Fsp3) is 0.417. The lowest BCUT2D eigenvalue weighted by molar-refractivity contribution is -0.135. The van der Waals surface area contributed by atoms with E-state index in [9.17, 15) is 14.0 Å². The molecule has 6 nitrogen and oxygen atoms in total. The van der Waals surface area contributed by atoms with Crippen LogP contribution in [0.1, 0.15) is 24.8 Å². The molecule has 31 heavy (non-hydrogen) atoms. The van der Waals surface area contributed by atoms with Gasteiger partial charge in [-0.25, -0.2) is 4.39 Å². The van der Waals surface area contributed by atoms with Crippen molar-refractivity contribution < 1.29 is 18.7 Å². The summed E-state index contributed by atoms with van der Waals surface area (Å²) in [5.74, 6) is 0.0492. The molecule has 1 N–H and O–H groups in total. The number of hydrogen-bond acceptors (Lipinski definition) is 4. The normalized spacial score (nSPS) is 18.2. The minimum Gasteiger partial charge on any atom is -0.484 e. The van der Waals surface area contributed by atoms with Crippen LogP contribution in [0.5, 0.6) is 5.75 Å². The minimum absolute atomic E-state index is 0.0305. The summed E-state index contributed by atoms with van der Waals surface area (Å²) < 4.78 is 18.4. The molecular weight excluding hydrogens is 397 g/mol. The smallest absolute Gasteiger partial charge is 0.260 e. The standard InChI is InChI=1S/C24H28FN3O3/c25-20-7-9-21(10-8-20)31-18-23(30)28-15-13-27(14-16-28)17-22(29)26-24(11-4-12-24)19-5-2-1-3-6-19/h1-3,5-10H,4,11-18H2,(H,26,29). The summed E-state index contributed by atoms with van der Waals surface area (Å²) >= 11 is 0. The molecule has 1 saturated heterocycles. The molecule has 1 aliphatic carbocycles. The quantitative estimate of drug-likeness (QED) is 0.741. The van der Waals surface area contributed by atoms with E-state index in [1.54, 1.807) is 4.90 Å². The van der Waals surface area contributed by atoms with Crippen LogP contribution in [0.3, 0.4) is 0 Å². The van der Waals surface area contributed by atoms with Gasteiger partial charge in [0.1, 0.15) is 11.6 Å². The summed E-state index contributed by atoms with van der Waals surface area (Å²) in [5, 5.41) is 3.26. The highest BCUT2D eigenvalue weighted by molar-refractivity contribution is 5.80. The number of nitrogens with one attached hydrogen (secondary N) is 1. The van der Waals surface area contributed by atoms with E-state index in [4.69, 9.17) is 4.74 Å². The maximum atomic E-state index is 12.9. The van der Waals surface area contributed by atoms with Crippen molar-refractivity contribution in [1.29, 1.82) is 0 Å². The fourth-order valence-electron chi connectivity index (χ4n) is 4.21. The lowest BCUT2D eigenvalue weighted by atomic mass is 9.72. The second-order valence-corrected chi connectivity index (χ2v) is 8.25. The van der Waals surface area contributed by atoms with Gasteiger partial charge in [-0.2, -0.15) is 0 Å². The zero-order valence-corrected chi connectivity index (χ0v) is 17.6. The summed E-state index contributed by atoms with van der Waals surface area (Å²) in [7, 11) is 0. The Labute approximate surface area is 182 Å². The monoisotopic (exact) mass is 425 g/mol. The number of carbonyl (C=O) groups is 2. The van der Waals surface area contributed by atoms with Gasteiger partial charge in [-0.05, 0) is 49.1 Å². The zero-order chi connectivity index (χ0) is 21.7. The number of amides is 2. The molecule has 2 fully saturated rings. The van der Waals surface area contributed by atoms with Gasteiger partial charge in [-0.3, -0.25) is 14.5 Å². The van der Waals surface area contributed by atoms with Crippen molar-refractivity contribution in [2.45, 2.75) is 24.8 Å². The zero-order valence-electron chi connectivity index (χ0n) is 17.6. The first-order valence-corrected chi connectivity index (χ1v) is 10.8. The second-order valence-electron chi connectivity index (χ2n) is 8.25. The number of carbonyl (C=O) groups excluding carboxylic acids is 2. The molecule has 0 radical (unpaired) electrons. The van der Waals surface area contributed by atoms with Gasteiger partial charge in [0.2, 0.25) is 5.91 Å². The van der Waals surface area contributed by atoms with Gasteiger partial charge in [0, 0.05) is 26.2 Å². The predicted octanol–water partition coefficient (Wildman–Crippen LogP) is 2.54. The highest BCUT2D eigenvalue weighted by atomic mass is 19.1. The van der Waals surface area contributed by atoms with Gasteiger partial charge in [0.05, 0.1) is 12.1 Å². The van der Waals surface area contributed by atoms with E-state index >= 15 is 0 Å². The van der Waals surface area contributed by atoms with E-state index in [0.717, 1.165) is 19.3 Å². The Morgan fingerprint density at radius 2 is 1.65 bits per heavy atom. The number of nitrogens with zero attached hydrogens (tertiary/aromatic N) is 2. The topological polar surface area (TPSA) is 61.9 Å². The molecule has 1 aliphatic heterocycles. The van der Waals surface area contributed by atoms with Crippen LogP contribution in [-0.2, 0) is 15.1 Å². The SMILES string of the molecule is O=C(CN1CCN(C(=O)COc2ccc(F)cc2)CC1)NC1(c2ccccc2)CCC1. The lowest BCUT2D eigenvalue weighted by Gasteiger charge is -2.44. The average molecular weight is 426 g/mol. The largest absolute Gasteiger partial charge is 0.484 e. The maximum absolute atomic E-state index is 12.9. The van der Waals surface area contributed by atoms with Crippen molar-refractivity contribution in [2.75, 3.05) is 39.3 Å². The Balaban J connectivity index is 1.21. The molecular formula is C24H28FN3O3. The van der Waals surface area contributed by atoms with Crippen LogP contribution in [0.15, 0.2) is 54.6 Å². The third kappa shape index (κ3) is 5.22. The molecule has 7 heteroatoms. The third-order valence-corrected chi connectivity index (χ3v) is 6.18. The number of hydrogen-bond donors (Lipinski definition) is 1. The van der Waals surface area contributed by atoms with E-state index in [-0.39, 0.29) is 29.8 Å². The second kappa shape index (κ2) is 9.47. The number of ether oxygens (including phenoxy) is 1. The molecule has 0 unspecified atom stereocenters. The predicted molar refractivity (Wildman–Crippen MR) is 115 cm³/mol. The molecule has 1 saturated carbocycles. The molecule has 4 rings (SSSR count). The van der Waals surface area contributed by atoms with E-state index in [0.29, 0.717) is 38.5 Å². The molecule has 1 heterocycles. The molecule has 0 bridgehead atoms. The van der Waals surface area contributed by atoms with Gasteiger partial charge in [-0.15, -0.1) is 0 Å². The van der Waals surface area contributed by atoms with Crippen LogP contribution in [0.25, 0.3) is 0 Å². The van der Waals surface area contributed by atoms with Gasteiger partial charge in [0.25, 0.3) is 5.91 Å². The molecule has 2 aromatic rings. The average Bonchev–Trinajstić information content (AvgIpc) is 2.77. The minimum atomic E-state index is -0.342. The Kier molecular flexibility index (Phi) is 6.51. The Hall–Kier alpha value is -2.93. The first-order chi connectivity index (χ1) is 15.0. The van der Waals surface area contributed by atoms with Crippen molar-refractivity contribution in [3.63, 3.8) is 0 Å². The molecule has 0 aromatic heterocycles. The van der Waals surface area contributed by atoms with Crippen LogP contribution >= 0.6 is 0 Å². The molecule has 2 amide bonds. The van der Waals surface area contributed by atoms with Crippen molar-refractivity contribution in [3.05, 3.63) is 66.0 Å². The van der Waals surface area contributed by atoms with Crippen molar-refractivity contribution in [1.82, 2.24) is 15.1 Å². The van der Waals surface area contributed by atoms with E-state index in [1.807, 2.05) is 18.2 Å². The van der Waals surface area contributed by atoms with Gasteiger partial charge >= 0.3 is 0 Å². The summed E-state index contributed by atoms with van der Waals surface area (Å²) in [6.07, 6.45) is 3.06. The van der Waals surface area contributed by atoms with Gasteiger partial charge < -0.3 is 15.0 Å². The maximum Gasteiger partial charge on any atom is 0.260 e. The van der Waals surface area contributed by atoms with Crippen LogP contribution in [0.4, 0.5) is 4.39 Å². The Morgan fingerprint density at radius 3 is 2.26 bits per heavy atom. The van der Waals surface area contributed by atoms with Crippen LogP contribution < -0.4 is 10.1 Å². The van der Waals surface area contributed by atoms with Crippen LogP contribution in [0, 0.1) is 5.82 Å². The van der Waals surface area contributed by atoms with E-state index < -0.39 is 0 Å². The lowest BCUT2D eigenvalue weighted by Crippen LogP contribution is -2.56. The fourth-order valence-corrected chi connectivity index (χ4v) is 4.21. The number of piperazine rings is 1.